The smallest absolute Gasteiger partial charge is 0.265 e. The number of primary sulfonamides is 1. The number of carbonyl (C=O) groups excluding carboxylic acids is 1. The zero-order chi connectivity index (χ0) is 15.6. The van der Waals surface area contributed by atoms with Gasteiger partial charge in [-0.3, -0.25) is 4.79 Å². The normalized spacial score (nSPS) is 11.4. The van der Waals surface area contributed by atoms with Crippen LogP contribution in [-0.2, 0) is 16.4 Å². The summed E-state index contributed by atoms with van der Waals surface area (Å²) in [6, 6.07) is 6.36. The number of halogens is 1. The second kappa shape index (κ2) is 5.92. The highest BCUT2D eigenvalue weighted by molar-refractivity contribution is 7.89. The van der Waals surface area contributed by atoms with Crippen LogP contribution in [0.25, 0.3) is 0 Å². The molecular formula is C13H13FN2O3S2. The van der Waals surface area contributed by atoms with Crippen LogP contribution >= 0.6 is 11.3 Å². The first kappa shape index (κ1) is 15.6. The maximum Gasteiger partial charge on any atom is 0.265 e. The molecular weight excluding hydrogens is 315 g/mol. The van der Waals surface area contributed by atoms with E-state index >= 15 is 0 Å². The number of benzene rings is 1. The SMILES string of the molecule is CCc1ccc(C(=O)Nc2cc(F)ccc2S(N)(=O)=O)s1. The van der Waals surface area contributed by atoms with E-state index in [1.807, 2.05) is 13.0 Å². The summed E-state index contributed by atoms with van der Waals surface area (Å²) < 4.78 is 36.1. The van der Waals surface area contributed by atoms with Gasteiger partial charge in [0.2, 0.25) is 10.0 Å². The summed E-state index contributed by atoms with van der Waals surface area (Å²) in [7, 11) is -4.06. The van der Waals surface area contributed by atoms with Gasteiger partial charge in [-0.1, -0.05) is 6.92 Å². The Bertz CT molecular complexity index is 784. The number of carbonyl (C=O) groups is 1. The number of hydrogen-bond acceptors (Lipinski definition) is 4. The third-order valence-corrected chi connectivity index (χ3v) is 4.93. The molecule has 1 amide bonds. The molecule has 0 saturated carbocycles. The lowest BCUT2D eigenvalue weighted by atomic mass is 10.3. The Hall–Kier alpha value is -1.77. The number of hydrogen-bond donors (Lipinski definition) is 2. The molecule has 8 heteroatoms. The van der Waals surface area contributed by atoms with Gasteiger partial charge in [-0.05, 0) is 36.8 Å². The molecule has 0 bridgehead atoms. The molecule has 0 aliphatic heterocycles. The molecule has 112 valence electrons. The molecule has 0 aliphatic carbocycles. The fraction of sp³-hybridized carbons (Fsp3) is 0.154. The quantitative estimate of drug-likeness (QED) is 0.903. The molecule has 5 nitrogen and oxygen atoms in total. The minimum Gasteiger partial charge on any atom is -0.320 e. The van der Waals surface area contributed by atoms with Gasteiger partial charge in [0.1, 0.15) is 10.7 Å². The third-order valence-electron chi connectivity index (χ3n) is 2.73. The summed E-state index contributed by atoms with van der Waals surface area (Å²) in [5.41, 5.74) is -0.172. The van der Waals surface area contributed by atoms with E-state index in [0.29, 0.717) is 4.88 Å². The van der Waals surface area contributed by atoms with Crippen LogP contribution in [0.3, 0.4) is 0 Å². The highest BCUT2D eigenvalue weighted by Gasteiger charge is 2.18. The Morgan fingerprint density at radius 1 is 1.33 bits per heavy atom. The number of nitrogens with one attached hydrogen (secondary N) is 1. The topological polar surface area (TPSA) is 89.3 Å². The lowest BCUT2D eigenvalue weighted by molar-refractivity contribution is 0.103. The molecule has 0 radical (unpaired) electrons. The molecule has 0 saturated heterocycles. The number of aryl methyl sites for hydroxylation is 1. The molecule has 0 spiro atoms. The number of amides is 1. The maximum atomic E-state index is 13.3. The van der Waals surface area contributed by atoms with Crippen LogP contribution in [0, 0.1) is 5.82 Å². The Labute approximate surface area is 125 Å². The van der Waals surface area contributed by atoms with E-state index in [9.17, 15) is 17.6 Å². The van der Waals surface area contributed by atoms with E-state index in [1.54, 1.807) is 6.07 Å². The van der Waals surface area contributed by atoms with Gasteiger partial charge in [-0.15, -0.1) is 11.3 Å². The van der Waals surface area contributed by atoms with Crippen LogP contribution in [-0.4, -0.2) is 14.3 Å². The highest BCUT2D eigenvalue weighted by atomic mass is 32.2. The monoisotopic (exact) mass is 328 g/mol. The number of thiophene rings is 1. The second-order valence-electron chi connectivity index (χ2n) is 4.26. The second-order valence-corrected chi connectivity index (χ2v) is 6.96. The zero-order valence-electron chi connectivity index (χ0n) is 11.1. The van der Waals surface area contributed by atoms with Gasteiger partial charge < -0.3 is 5.32 Å². The predicted octanol–water partition coefficient (Wildman–Crippen LogP) is 2.35. The summed E-state index contributed by atoms with van der Waals surface area (Å²) in [5.74, 6) is -1.17. The van der Waals surface area contributed by atoms with Crippen molar-refractivity contribution in [1.29, 1.82) is 0 Å². The van der Waals surface area contributed by atoms with Gasteiger partial charge in [-0.2, -0.15) is 0 Å². The van der Waals surface area contributed by atoms with Crippen molar-refractivity contribution in [1.82, 2.24) is 0 Å². The van der Waals surface area contributed by atoms with Crippen LogP contribution in [0.5, 0.6) is 0 Å². The van der Waals surface area contributed by atoms with Gasteiger partial charge in [0, 0.05) is 4.88 Å². The predicted molar refractivity (Wildman–Crippen MR) is 79.4 cm³/mol. The van der Waals surface area contributed by atoms with Crippen molar-refractivity contribution < 1.29 is 17.6 Å². The van der Waals surface area contributed by atoms with Crippen LogP contribution in [0.1, 0.15) is 21.5 Å². The van der Waals surface area contributed by atoms with Crippen molar-refractivity contribution in [2.45, 2.75) is 18.2 Å². The fourth-order valence-electron chi connectivity index (χ4n) is 1.72. The number of anilines is 1. The lowest BCUT2D eigenvalue weighted by Gasteiger charge is -2.09. The third kappa shape index (κ3) is 3.66. The molecule has 1 aromatic heterocycles. The first-order valence-electron chi connectivity index (χ1n) is 6.03. The van der Waals surface area contributed by atoms with Gasteiger partial charge in [0.15, 0.2) is 0 Å². The lowest BCUT2D eigenvalue weighted by Crippen LogP contribution is -2.18. The van der Waals surface area contributed by atoms with Crippen molar-refractivity contribution in [2.75, 3.05) is 5.32 Å². The zero-order valence-corrected chi connectivity index (χ0v) is 12.7. The average Bonchev–Trinajstić information content (AvgIpc) is 2.86. The Balaban J connectivity index is 2.34. The summed E-state index contributed by atoms with van der Waals surface area (Å²) in [5, 5.41) is 7.43. The van der Waals surface area contributed by atoms with Crippen LogP contribution in [0.4, 0.5) is 10.1 Å². The maximum absolute atomic E-state index is 13.3. The number of nitrogens with two attached hydrogens (primary N) is 1. The van der Waals surface area contributed by atoms with Crippen LogP contribution in [0.15, 0.2) is 35.2 Å². The molecule has 3 N–H and O–H groups in total. The van der Waals surface area contributed by atoms with Crippen molar-refractivity contribution in [3.63, 3.8) is 0 Å². The molecule has 2 rings (SSSR count). The van der Waals surface area contributed by atoms with Crippen LogP contribution in [0.2, 0.25) is 0 Å². The van der Waals surface area contributed by atoms with E-state index < -0.39 is 21.7 Å². The average molecular weight is 328 g/mol. The molecule has 21 heavy (non-hydrogen) atoms. The van der Waals surface area contributed by atoms with E-state index in [0.717, 1.165) is 29.5 Å². The fourth-order valence-corrected chi connectivity index (χ4v) is 3.24. The minimum absolute atomic E-state index is 0.172. The number of rotatable bonds is 4. The van der Waals surface area contributed by atoms with Gasteiger partial charge in [-0.25, -0.2) is 17.9 Å². The molecule has 0 atom stereocenters. The van der Waals surface area contributed by atoms with Gasteiger partial charge >= 0.3 is 0 Å². The molecule has 0 fully saturated rings. The Kier molecular flexibility index (Phi) is 4.40. The summed E-state index contributed by atoms with van der Waals surface area (Å²) in [4.78, 5) is 13.2. The van der Waals surface area contributed by atoms with Gasteiger partial charge in [0.05, 0.1) is 10.6 Å². The van der Waals surface area contributed by atoms with Gasteiger partial charge in [0.25, 0.3) is 5.91 Å². The molecule has 1 aromatic carbocycles. The standard InChI is InChI=1S/C13H13FN2O3S2/c1-2-9-4-5-11(20-9)13(17)16-10-7-8(14)3-6-12(10)21(15,18)19/h3-7H,2H2,1H3,(H,16,17)(H2,15,18,19). The van der Waals surface area contributed by atoms with Crippen LogP contribution < -0.4 is 10.5 Å². The van der Waals surface area contributed by atoms with Crippen molar-refractivity contribution in [3.8, 4) is 0 Å². The van der Waals surface area contributed by atoms with E-state index in [1.165, 1.54) is 11.3 Å². The first-order chi connectivity index (χ1) is 9.81. The summed E-state index contributed by atoms with van der Waals surface area (Å²) in [6.07, 6.45) is 0.792. The Morgan fingerprint density at radius 3 is 2.62 bits per heavy atom. The molecule has 0 unspecified atom stereocenters. The van der Waals surface area contributed by atoms with E-state index in [2.05, 4.69) is 5.32 Å². The van der Waals surface area contributed by atoms with E-state index in [-0.39, 0.29) is 10.6 Å². The highest BCUT2D eigenvalue weighted by Crippen LogP contribution is 2.24. The molecule has 2 aromatic rings. The first-order valence-corrected chi connectivity index (χ1v) is 8.40. The van der Waals surface area contributed by atoms with Crippen molar-refractivity contribution in [2.24, 2.45) is 5.14 Å². The van der Waals surface area contributed by atoms with Crippen molar-refractivity contribution >= 4 is 33.0 Å². The summed E-state index contributed by atoms with van der Waals surface area (Å²) in [6.45, 7) is 1.96. The van der Waals surface area contributed by atoms with Crippen molar-refractivity contribution in [3.05, 3.63) is 45.9 Å². The number of sulfonamides is 1. The molecule has 0 aliphatic rings. The largest absolute Gasteiger partial charge is 0.320 e. The minimum atomic E-state index is -4.06. The molecule has 1 heterocycles. The Morgan fingerprint density at radius 2 is 2.05 bits per heavy atom. The van der Waals surface area contributed by atoms with E-state index in [4.69, 9.17) is 5.14 Å². The summed E-state index contributed by atoms with van der Waals surface area (Å²) >= 11 is 1.29.